The number of pyridine rings is 1. The fourth-order valence-corrected chi connectivity index (χ4v) is 2.35. The fourth-order valence-electron chi connectivity index (χ4n) is 2.35. The molecule has 100 valence electrons. The third kappa shape index (κ3) is 1.93. The first-order chi connectivity index (χ1) is 9.68. The molecule has 0 radical (unpaired) electrons. The standard InChI is InChI=1S/C15H12N2O3/c18-13-5-7-16-9-11(13)15(20)17-8-6-14(19)10-3-1-2-4-12(10)17/h1-5,7,9H,6,8H2,(H,16,18). The Morgan fingerprint density at radius 1 is 1.15 bits per heavy atom. The number of aromatic nitrogens is 1. The molecule has 0 spiro atoms. The van der Waals surface area contributed by atoms with Gasteiger partial charge in [0.2, 0.25) is 0 Å². The summed E-state index contributed by atoms with van der Waals surface area (Å²) in [5, 5.41) is 0. The van der Waals surface area contributed by atoms with Gasteiger partial charge in [-0.2, -0.15) is 0 Å². The van der Waals surface area contributed by atoms with Gasteiger partial charge in [0, 0.05) is 37.0 Å². The van der Waals surface area contributed by atoms with E-state index in [0.29, 0.717) is 17.8 Å². The number of anilines is 1. The maximum atomic E-state index is 12.5. The molecule has 1 N–H and O–H groups in total. The van der Waals surface area contributed by atoms with Crippen LogP contribution in [-0.2, 0) is 0 Å². The van der Waals surface area contributed by atoms with Crippen molar-refractivity contribution in [2.24, 2.45) is 0 Å². The van der Waals surface area contributed by atoms with E-state index < -0.39 is 0 Å². The minimum Gasteiger partial charge on any atom is -0.367 e. The second-order valence-electron chi connectivity index (χ2n) is 4.57. The molecule has 5 nitrogen and oxygen atoms in total. The highest BCUT2D eigenvalue weighted by molar-refractivity contribution is 6.13. The van der Waals surface area contributed by atoms with Gasteiger partial charge in [0.05, 0.1) is 5.69 Å². The molecule has 0 saturated heterocycles. The molecule has 0 bridgehead atoms. The van der Waals surface area contributed by atoms with Crippen molar-refractivity contribution in [1.29, 1.82) is 0 Å². The van der Waals surface area contributed by atoms with Crippen LogP contribution in [0.1, 0.15) is 27.1 Å². The molecule has 1 aliphatic heterocycles. The number of ketones is 1. The number of para-hydroxylation sites is 1. The lowest BCUT2D eigenvalue weighted by molar-refractivity contribution is 0.0954. The Morgan fingerprint density at radius 3 is 2.75 bits per heavy atom. The molecule has 0 fully saturated rings. The Hall–Kier alpha value is -2.69. The summed E-state index contributed by atoms with van der Waals surface area (Å²) in [5.41, 5.74) is 0.844. The monoisotopic (exact) mass is 268 g/mol. The zero-order chi connectivity index (χ0) is 14.1. The second kappa shape index (κ2) is 4.77. The number of fused-ring (bicyclic) bond motifs is 1. The van der Waals surface area contributed by atoms with Crippen LogP contribution in [0.4, 0.5) is 5.69 Å². The minimum absolute atomic E-state index is 0.0200. The molecule has 0 aliphatic carbocycles. The maximum absolute atomic E-state index is 12.5. The Kier molecular flexibility index (Phi) is 2.95. The van der Waals surface area contributed by atoms with E-state index in [9.17, 15) is 14.4 Å². The van der Waals surface area contributed by atoms with Gasteiger partial charge in [-0.15, -0.1) is 0 Å². The molecule has 3 rings (SSSR count). The maximum Gasteiger partial charge on any atom is 0.263 e. The van der Waals surface area contributed by atoms with Crippen LogP contribution in [0, 0.1) is 0 Å². The predicted octanol–water partition coefficient (Wildman–Crippen LogP) is 1.61. The van der Waals surface area contributed by atoms with Gasteiger partial charge in [0.1, 0.15) is 5.56 Å². The van der Waals surface area contributed by atoms with Gasteiger partial charge in [0.15, 0.2) is 11.2 Å². The van der Waals surface area contributed by atoms with E-state index in [1.807, 2.05) is 0 Å². The number of Topliss-reactive ketones (excluding diaryl/α,β-unsaturated/α-hetero) is 1. The van der Waals surface area contributed by atoms with Crippen LogP contribution < -0.4 is 10.3 Å². The largest absolute Gasteiger partial charge is 0.367 e. The van der Waals surface area contributed by atoms with Crippen LogP contribution in [0.25, 0.3) is 0 Å². The number of hydrogen-bond acceptors (Lipinski definition) is 3. The van der Waals surface area contributed by atoms with Crippen molar-refractivity contribution in [3.8, 4) is 0 Å². The topological polar surface area (TPSA) is 70.2 Å². The van der Waals surface area contributed by atoms with Crippen LogP contribution in [0.3, 0.4) is 0 Å². The van der Waals surface area contributed by atoms with Gasteiger partial charge in [-0.05, 0) is 12.1 Å². The van der Waals surface area contributed by atoms with Gasteiger partial charge in [-0.25, -0.2) is 0 Å². The molecule has 1 amide bonds. The summed E-state index contributed by atoms with van der Waals surface area (Å²) in [6.07, 6.45) is 3.14. The summed E-state index contributed by atoms with van der Waals surface area (Å²) in [5.74, 6) is -0.363. The van der Waals surface area contributed by atoms with Crippen LogP contribution in [0.2, 0.25) is 0 Å². The van der Waals surface area contributed by atoms with Crippen molar-refractivity contribution in [2.75, 3.05) is 11.4 Å². The molecule has 0 unspecified atom stereocenters. The lowest BCUT2D eigenvalue weighted by Crippen LogP contribution is -2.39. The van der Waals surface area contributed by atoms with E-state index in [1.165, 1.54) is 23.4 Å². The average Bonchev–Trinajstić information content (AvgIpc) is 2.48. The van der Waals surface area contributed by atoms with Gasteiger partial charge in [-0.3, -0.25) is 14.4 Å². The lowest BCUT2D eigenvalue weighted by atomic mass is 10.00. The third-order valence-corrected chi connectivity index (χ3v) is 3.36. The van der Waals surface area contributed by atoms with Gasteiger partial charge in [0.25, 0.3) is 5.91 Å². The second-order valence-corrected chi connectivity index (χ2v) is 4.57. The van der Waals surface area contributed by atoms with Crippen molar-refractivity contribution < 1.29 is 9.59 Å². The van der Waals surface area contributed by atoms with E-state index in [4.69, 9.17) is 0 Å². The highest BCUT2D eigenvalue weighted by atomic mass is 16.2. The molecule has 2 heterocycles. The number of nitrogens with zero attached hydrogens (tertiary/aromatic N) is 1. The summed E-state index contributed by atoms with van der Waals surface area (Å²) in [6, 6.07) is 8.27. The summed E-state index contributed by atoms with van der Waals surface area (Å²) < 4.78 is 0. The van der Waals surface area contributed by atoms with Crippen LogP contribution in [-0.4, -0.2) is 23.2 Å². The number of carbonyl (C=O) groups excluding carboxylic acids is 2. The lowest BCUT2D eigenvalue weighted by Gasteiger charge is -2.28. The highest BCUT2D eigenvalue weighted by Gasteiger charge is 2.28. The number of benzene rings is 1. The molecule has 1 aromatic heterocycles. The SMILES string of the molecule is O=C1CCN(C(=O)c2c[nH]ccc2=O)c2ccccc21. The Bertz CT molecular complexity index is 749. The van der Waals surface area contributed by atoms with Gasteiger partial charge < -0.3 is 9.88 Å². The van der Waals surface area contributed by atoms with Crippen LogP contribution in [0.15, 0.2) is 47.5 Å². The molecule has 2 aromatic rings. The number of amides is 1. The number of rotatable bonds is 1. The van der Waals surface area contributed by atoms with E-state index in [2.05, 4.69) is 4.98 Å². The molecule has 5 heteroatoms. The van der Waals surface area contributed by atoms with Crippen molar-refractivity contribution in [1.82, 2.24) is 4.98 Å². The number of nitrogens with one attached hydrogen (secondary N) is 1. The van der Waals surface area contributed by atoms with Crippen LogP contribution in [0.5, 0.6) is 0 Å². The normalized spacial score (nSPS) is 14.0. The first-order valence-corrected chi connectivity index (χ1v) is 6.29. The van der Waals surface area contributed by atoms with Crippen molar-refractivity contribution in [3.05, 3.63) is 64.1 Å². The van der Waals surface area contributed by atoms with E-state index in [1.54, 1.807) is 24.3 Å². The smallest absolute Gasteiger partial charge is 0.263 e. The van der Waals surface area contributed by atoms with E-state index in [0.717, 1.165) is 0 Å². The number of hydrogen-bond donors (Lipinski definition) is 1. The van der Waals surface area contributed by atoms with E-state index in [-0.39, 0.29) is 29.1 Å². The molecular formula is C15H12N2O3. The van der Waals surface area contributed by atoms with Crippen LogP contribution >= 0.6 is 0 Å². The molecular weight excluding hydrogens is 256 g/mol. The number of aromatic amines is 1. The number of H-pyrrole nitrogens is 1. The predicted molar refractivity (Wildman–Crippen MR) is 74.1 cm³/mol. The summed E-state index contributed by atoms with van der Waals surface area (Å²) in [6.45, 7) is 0.295. The Morgan fingerprint density at radius 2 is 1.95 bits per heavy atom. The highest BCUT2D eigenvalue weighted by Crippen LogP contribution is 2.27. The summed E-state index contributed by atoms with van der Waals surface area (Å²) in [4.78, 5) is 40.3. The molecule has 0 atom stereocenters. The van der Waals surface area contributed by atoms with Gasteiger partial charge >= 0.3 is 0 Å². The summed E-state index contributed by atoms with van der Waals surface area (Å²) in [7, 11) is 0. The van der Waals surface area contributed by atoms with Crippen molar-refractivity contribution >= 4 is 17.4 Å². The quantitative estimate of drug-likeness (QED) is 0.854. The Labute approximate surface area is 114 Å². The minimum atomic E-state index is -0.383. The summed E-state index contributed by atoms with van der Waals surface area (Å²) >= 11 is 0. The van der Waals surface area contributed by atoms with E-state index >= 15 is 0 Å². The third-order valence-electron chi connectivity index (χ3n) is 3.36. The first kappa shape index (κ1) is 12.3. The van der Waals surface area contributed by atoms with Crippen molar-refractivity contribution in [3.63, 3.8) is 0 Å². The number of carbonyl (C=O) groups is 2. The Balaban J connectivity index is 2.06. The zero-order valence-electron chi connectivity index (χ0n) is 10.6. The van der Waals surface area contributed by atoms with Gasteiger partial charge in [-0.1, -0.05) is 12.1 Å². The molecule has 0 saturated carbocycles. The zero-order valence-corrected chi connectivity index (χ0v) is 10.6. The molecule has 1 aromatic carbocycles. The first-order valence-electron chi connectivity index (χ1n) is 6.29. The van der Waals surface area contributed by atoms with Crippen molar-refractivity contribution in [2.45, 2.75) is 6.42 Å². The average molecular weight is 268 g/mol. The fraction of sp³-hybridized carbons (Fsp3) is 0.133. The molecule has 20 heavy (non-hydrogen) atoms. The molecule has 1 aliphatic rings.